The molecule has 3 N–H and O–H groups in total. The number of hydrogen-bond donors (Lipinski definition) is 3. The van der Waals surface area contributed by atoms with Crippen molar-refractivity contribution in [3.05, 3.63) is 23.8 Å². The van der Waals surface area contributed by atoms with Crippen LogP contribution in [0.1, 0.15) is 45.6 Å². The number of methoxy groups -OCH3 is 2. The van der Waals surface area contributed by atoms with E-state index in [0.717, 1.165) is 62.9 Å². The second-order valence-electron chi connectivity index (χ2n) is 8.15. The van der Waals surface area contributed by atoms with Gasteiger partial charge in [-0.1, -0.05) is 13.8 Å². The minimum absolute atomic E-state index is 0.129. The van der Waals surface area contributed by atoms with Gasteiger partial charge in [-0.15, -0.1) is 0 Å². The Labute approximate surface area is 181 Å². The molecule has 0 aliphatic carbocycles. The molecule has 0 bridgehead atoms. The number of aliphatic imine (C=N–C) groups is 1. The molecule has 0 spiro atoms. The second kappa shape index (κ2) is 12.0. The van der Waals surface area contributed by atoms with Crippen LogP contribution in [0.25, 0.3) is 0 Å². The fourth-order valence-corrected chi connectivity index (χ4v) is 3.82. The molecular formula is C23H40N4O3. The monoisotopic (exact) mass is 420 g/mol. The van der Waals surface area contributed by atoms with E-state index in [9.17, 15) is 5.11 Å². The van der Waals surface area contributed by atoms with E-state index in [1.807, 2.05) is 6.07 Å². The smallest absolute Gasteiger partial charge is 0.191 e. The molecule has 7 nitrogen and oxygen atoms in total. The predicted octanol–water partition coefficient (Wildman–Crippen LogP) is 2.63. The molecule has 1 saturated heterocycles. The van der Waals surface area contributed by atoms with Crippen molar-refractivity contribution in [1.82, 2.24) is 15.5 Å². The Bertz CT molecular complexity index is 646. The molecule has 1 heterocycles. The van der Waals surface area contributed by atoms with Crippen LogP contribution in [0.15, 0.2) is 23.2 Å². The number of likely N-dealkylation sites (tertiary alicyclic amines) is 1. The lowest BCUT2D eigenvalue weighted by Crippen LogP contribution is -2.45. The molecule has 1 aliphatic rings. The van der Waals surface area contributed by atoms with Crippen LogP contribution in [-0.4, -0.2) is 69.0 Å². The first kappa shape index (κ1) is 24.3. The summed E-state index contributed by atoms with van der Waals surface area (Å²) >= 11 is 0. The second-order valence-corrected chi connectivity index (χ2v) is 8.15. The molecule has 170 valence electrons. The van der Waals surface area contributed by atoms with Gasteiger partial charge in [0.05, 0.1) is 27.4 Å². The maximum absolute atomic E-state index is 9.82. The van der Waals surface area contributed by atoms with Gasteiger partial charge in [0.2, 0.25) is 0 Å². The zero-order valence-corrected chi connectivity index (χ0v) is 19.3. The molecule has 0 radical (unpaired) electrons. The van der Waals surface area contributed by atoms with Gasteiger partial charge in [0.15, 0.2) is 5.96 Å². The number of benzene rings is 1. The SMILES string of the molecule is CCNC(=NCC(CC)(CC)CO)NC1CCN(Cc2cc(OC)cc(OC)c2)C1. The van der Waals surface area contributed by atoms with Crippen LogP contribution in [0.2, 0.25) is 0 Å². The molecule has 1 aromatic rings. The fraction of sp³-hybridized carbons (Fsp3) is 0.696. The number of rotatable bonds is 11. The highest BCUT2D eigenvalue weighted by Crippen LogP contribution is 2.26. The summed E-state index contributed by atoms with van der Waals surface area (Å²) in [5.41, 5.74) is 1.06. The molecule has 1 fully saturated rings. The quantitative estimate of drug-likeness (QED) is 0.377. The Morgan fingerprint density at radius 2 is 1.83 bits per heavy atom. The third kappa shape index (κ3) is 6.77. The number of aliphatic hydroxyl groups is 1. The van der Waals surface area contributed by atoms with Crippen LogP contribution in [0.3, 0.4) is 0 Å². The van der Waals surface area contributed by atoms with Crippen LogP contribution in [0.5, 0.6) is 11.5 Å². The summed E-state index contributed by atoms with van der Waals surface area (Å²) in [6.45, 7) is 10.8. The highest BCUT2D eigenvalue weighted by atomic mass is 16.5. The van der Waals surface area contributed by atoms with Crippen LogP contribution in [0, 0.1) is 5.41 Å². The van der Waals surface area contributed by atoms with Crippen molar-refractivity contribution in [2.75, 3.05) is 47.0 Å². The van der Waals surface area contributed by atoms with Crippen molar-refractivity contribution in [2.24, 2.45) is 10.4 Å². The van der Waals surface area contributed by atoms with Crippen LogP contribution < -0.4 is 20.1 Å². The van der Waals surface area contributed by atoms with E-state index < -0.39 is 0 Å². The van der Waals surface area contributed by atoms with Crippen molar-refractivity contribution < 1.29 is 14.6 Å². The van der Waals surface area contributed by atoms with E-state index in [2.05, 4.69) is 48.4 Å². The molecule has 0 amide bonds. The van der Waals surface area contributed by atoms with E-state index in [4.69, 9.17) is 14.5 Å². The normalized spacial score (nSPS) is 17.8. The van der Waals surface area contributed by atoms with E-state index in [-0.39, 0.29) is 12.0 Å². The average Bonchev–Trinajstić information content (AvgIpc) is 3.21. The van der Waals surface area contributed by atoms with E-state index in [1.165, 1.54) is 5.56 Å². The van der Waals surface area contributed by atoms with Gasteiger partial charge in [-0.3, -0.25) is 9.89 Å². The number of nitrogens with one attached hydrogen (secondary N) is 2. The Morgan fingerprint density at radius 3 is 2.37 bits per heavy atom. The Kier molecular flexibility index (Phi) is 9.72. The van der Waals surface area contributed by atoms with Gasteiger partial charge in [-0.25, -0.2) is 0 Å². The van der Waals surface area contributed by atoms with Crippen molar-refractivity contribution in [3.63, 3.8) is 0 Å². The molecule has 0 aromatic heterocycles. The van der Waals surface area contributed by atoms with Gasteiger partial charge in [0, 0.05) is 43.7 Å². The Hall–Kier alpha value is -1.99. The third-order valence-corrected chi connectivity index (χ3v) is 6.18. The zero-order chi connectivity index (χ0) is 22.0. The minimum atomic E-state index is -0.129. The molecule has 30 heavy (non-hydrogen) atoms. The maximum atomic E-state index is 9.82. The topological polar surface area (TPSA) is 78.4 Å². The first-order chi connectivity index (χ1) is 14.5. The number of guanidine groups is 1. The lowest BCUT2D eigenvalue weighted by atomic mass is 9.83. The van der Waals surface area contributed by atoms with E-state index >= 15 is 0 Å². The van der Waals surface area contributed by atoms with Gasteiger partial charge < -0.3 is 25.2 Å². The van der Waals surface area contributed by atoms with E-state index in [0.29, 0.717) is 12.6 Å². The molecule has 1 atom stereocenters. The summed E-state index contributed by atoms with van der Waals surface area (Å²) in [6, 6.07) is 6.38. The molecule has 1 unspecified atom stereocenters. The zero-order valence-electron chi connectivity index (χ0n) is 19.3. The fourth-order valence-electron chi connectivity index (χ4n) is 3.82. The third-order valence-electron chi connectivity index (χ3n) is 6.18. The van der Waals surface area contributed by atoms with Crippen molar-refractivity contribution in [2.45, 2.75) is 52.6 Å². The standard InChI is InChI=1S/C23H40N4O3/c1-6-23(7-2,17-28)16-25-22(24-8-3)26-19-9-10-27(15-19)14-18-11-20(29-4)13-21(12-18)30-5/h11-13,19,28H,6-10,14-17H2,1-5H3,(H2,24,25,26). The van der Waals surface area contributed by atoms with Gasteiger partial charge in [0.25, 0.3) is 0 Å². The summed E-state index contributed by atoms with van der Waals surface area (Å²) in [4.78, 5) is 7.24. The minimum Gasteiger partial charge on any atom is -0.497 e. The van der Waals surface area contributed by atoms with Crippen molar-refractivity contribution >= 4 is 5.96 Å². The summed E-state index contributed by atoms with van der Waals surface area (Å²) in [7, 11) is 3.36. The number of ether oxygens (including phenoxy) is 2. The van der Waals surface area contributed by atoms with Gasteiger partial charge in [-0.05, 0) is 43.9 Å². The molecule has 1 aromatic carbocycles. The summed E-state index contributed by atoms with van der Waals surface area (Å²) < 4.78 is 10.8. The number of nitrogens with zero attached hydrogens (tertiary/aromatic N) is 2. The number of aliphatic hydroxyl groups excluding tert-OH is 1. The first-order valence-corrected chi connectivity index (χ1v) is 11.1. The van der Waals surface area contributed by atoms with Gasteiger partial charge >= 0.3 is 0 Å². The van der Waals surface area contributed by atoms with Crippen LogP contribution in [-0.2, 0) is 6.54 Å². The lowest BCUT2D eigenvalue weighted by Gasteiger charge is -2.28. The Balaban J connectivity index is 1.97. The molecule has 0 saturated carbocycles. The van der Waals surface area contributed by atoms with Crippen molar-refractivity contribution in [1.29, 1.82) is 0 Å². The highest BCUT2D eigenvalue weighted by Gasteiger charge is 2.26. The van der Waals surface area contributed by atoms with Crippen LogP contribution >= 0.6 is 0 Å². The summed E-state index contributed by atoms with van der Waals surface area (Å²) in [5.74, 6) is 2.48. The molecule has 2 rings (SSSR count). The predicted molar refractivity (Wildman–Crippen MR) is 122 cm³/mol. The summed E-state index contributed by atoms with van der Waals surface area (Å²) in [6.07, 6.45) is 2.91. The van der Waals surface area contributed by atoms with Crippen molar-refractivity contribution in [3.8, 4) is 11.5 Å². The van der Waals surface area contributed by atoms with Crippen LogP contribution in [0.4, 0.5) is 0 Å². The largest absolute Gasteiger partial charge is 0.497 e. The van der Waals surface area contributed by atoms with Gasteiger partial charge in [0.1, 0.15) is 11.5 Å². The maximum Gasteiger partial charge on any atom is 0.191 e. The first-order valence-electron chi connectivity index (χ1n) is 11.1. The van der Waals surface area contributed by atoms with Gasteiger partial charge in [-0.2, -0.15) is 0 Å². The lowest BCUT2D eigenvalue weighted by molar-refractivity contribution is 0.123. The van der Waals surface area contributed by atoms with E-state index in [1.54, 1.807) is 14.2 Å². The Morgan fingerprint density at radius 1 is 1.17 bits per heavy atom. The molecular weight excluding hydrogens is 380 g/mol. The highest BCUT2D eigenvalue weighted by molar-refractivity contribution is 5.80. The average molecular weight is 421 g/mol. The molecule has 1 aliphatic heterocycles. The number of hydrogen-bond acceptors (Lipinski definition) is 5. The molecule has 7 heteroatoms. The summed E-state index contributed by atoms with van der Waals surface area (Å²) in [5, 5.41) is 16.8.